The highest BCUT2D eigenvalue weighted by Gasteiger charge is 2.28. The Bertz CT molecular complexity index is 724. The van der Waals surface area contributed by atoms with E-state index in [1.165, 1.54) is 0 Å². The van der Waals surface area contributed by atoms with Crippen LogP contribution in [0.25, 0.3) is 0 Å². The molecule has 0 aromatic heterocycles. The van der Waals surface area contributed by atoms with Crippen LogP contribution in [0.4, 0.5) is 9.59 Å². The Kier molecular flexibility index (Phi) is 9.15. The van der Waals surface area contributed by atoms with Gasteiger partial charge in [0, 0.05) is 39.1 Å². The van der Waals surface area contributed by atoms with Crippen molar-refractivity contribution in [3.8, 4) is 0 Å². The molecule has 0 spiro atoms. The summed E-state index contributed by atoms with van der Waals surface area (Å²) >= 11 is 0. The van der Waals surface area contributed by atoms with E-state index in [4.69, 9.17) is 9.47 Å². The summed E-state index contributed by atoms with van der Waals surface area (Å²) in [6.45, 7) is 9.34. The number of nitrogens with one attached hydrogen (secondary N) is 1. The maximum atomic E-state index is 12.3. The molecule has 1 heterocycles. The normalized spacial score (nSPS) is 14.6. The summed E-state index contributed by atoms with van der Waals surface area (Å²) in [6, 6.07) is 9.66. The number of ether oxygens (including phenoxy) is 2. The van der Waals surface area contributed by atoms with E-state index in [0.29, 0.717) is 45.4 Å². The first kappa shape index (κ1) is 24.5. The second-order valence-corrected chi connectivity index (χ2v) is 8.75. The van der Waals surface area contributed by atoms with Crippen molar-refractivity contribution < 1.29 is 23.9 Å². The van der Waals surface area contributed by atoms with Crippen molar-refractivity contribution in [3.05, 3.63) is 35.9 Å². The number of carbonyl (C=O) groups excluding carboxylic acids is 3. The van der Waals surface area contributed by atoms with E-state index < -0.39 is 11.7 Å². The van der Waals surface area contributed by atoms with Crippen molar-refractivity contribution in [2.24, 2.45) is 0 Å². The van der Waals surface area contributed by atoms with Crippen LogP contribution in [0.2, 0.25) is 0 Å². The maximum absolute atomic E-state index is 12.3. The number of nitrogens with zero attached hydrogens (tertiary/aromatic N) is 2. The molecule has 0 unspecified atom stereocenters. The number of likely N-dealkylation sites (tertiary alicyclic amines) is 1. The van der Waals surface area contributed by atoms with Crippen LogP contribution in [0.15, 0.2) is 30.3 Å². The molecule has 2 rings (SSSR count). The zero-order valence-corrected chi connectivity index (χ0v) is 19.1. The van der Waals surface area contributed by atoms with Gasteiger partial charge in [-0.1, -0.05) is 30.3 Å². The molecule has 1 aromatic carbocycles. The number of carbonyl (C=O) groups is 3. The van der Waals surface area contributed by atoms with Crippen LogP contribution < -0.4 is 5.32 Å². The molecule has 0 bridgehead atoms. The molecular weight excluding hydrogens is 398 g/mol. The summed E-state index contributed by atoms with van der Waals surface area (Å²) in [5.41, 5.74) is 0.416. The first-order chi connectivity index (χ1) is 14.7. The number of alkyl carbamates (subject to hydrolysis) is 1. The van der Waals surface area contributed by atoms with Crippen LogP contribution in [-0.4, -0.2) is 65.7 Å². The predicted molar refractivity (Wildman–Crippen MR) is 117 cm³/mol. The third-order valence-electron chi connectivity index (χ3n) is 5.02. The van der Waals surface area contributed by atoms with Gasteiger partial charge in [-0.2, -0.15) is 0 Å². The molecule has 0 aliphatic carbocycles. The molecule has 1 N–H and O–H groups in total. The Labute approximate surface area is 184 Å². The highest BCUT2D eigenvalue weighted by Crippen LogP contribution is 2.18. The van der Waals surface area contributed by atoms with Gasteiger partial charge in [-0.25, -0.2) is 9.59 Å². The van der Waals surface area contributed by atoms with Crippen molar-refractivity contribution in [3.63, 3.8) is 0 Å². The molecule has 3 amide bonds. The fraction of sp³-hybridized carbons (Fsp3) is 0.609. The van der Waals surface area contributed by atoms with Gasteiger partial charge in [-0.05, 0) is 45.6 Å². The minimum atomic E-state index is -0.536. The SMILES string of the molecule is CC(=O)N(CCCNC(=O)OC(C)(C)C)C1CCN(C(=O)OCc2ccccc2)CC1. The van der Waals surface area contributed by atoms with Gasteiger partial charge in [-0.3, -0.25) is 4.79 Å². The summed E-state index contributed by atoms with van der Waals surface area (Å²) in [5, 5.41) is 2.72. The lowest BCUT2D eigenvalue weighted by Gasteiger charge is -2.37. The van der Waals surface area contributed by atoms with Gasteiger partial charge in [0.05, 0.1) is 0 Å². The first-order valence-corrected chi connectivity index (χ1v) is 10.9. The minimum absolute atomic E-state index is 0.00220. The van der Waals surface area contributed by atoms with E-state index in [0.717, 1.165) is 5.56 Å². The zero-order chi connectivity index (χ0) is 22.9. The van der Waals surface area contributed by atoms with Gasteiger partial charge < -0.3 is 24.6 Å². The van der Waals surface area contributed by atoms with Crippen molar-refractivity contribution >= 4 is 18.1 Å². The number of hydrogen-bond donors (Lipinski definition) is 1. The number of rotatable bonds is 7. The third kappa shape index (κ3) is 8.86. The highest BCUT2D eigenvalue weighted by atomic mass is 16.6. The van der Waals surface area contributed by atoms with Crippen molar-refractivity contribution in [2.45, 2.75) is 65.2 Å². The monoisotopic (exact) mass is 433 g/mol. The second-order valence-electron chi connectivity index (χ2n) is 8.75. The lowest BCUT2D eigenvalue weighted by molar-refractivity contribution is -0.132. The zero-order valence-electron chi connectivity index (χ0n) is 19.1. The van der Waals surface area contributed by atoms with Crippen molar-refractivity contribution in [1.29, 1.82) is 0 Å². The molecule has 0 radical (unpaired) electrons. The van der Waals surface area contributed by atoms with Crippen LogP contribution in [0.1, 0.15) is 52.5 Å². The molecular formula is C23H35N3O5. The van der Waals surface area contributed by atoms with Crippen LogP contribution in [0.5, 0.6) is 0 Å². The number of hydrogen-bond acceptors (Lipinski definition) is 5. The molecule has 1 aliphatic heterocycles. The van der Waals surface area contributed by atoms with E-state index in [1.807, 2.05) is 56.0 Å². The summed E-state index contributed by atoms with van der Waals surface area (Å²) < 4.78 is 10.6. The summed E-state index contributed by atoms with van der Waals surface area (Å²) in [7, 11) is 0. The van der Waals surface area contributed by atoms with Crippen LogP contribution in [0, 0.1) is 0 Å². The Morgan fingerprint density at radius 1 is 1.13 bits per heavy atom. The molecule has 1 saturated heterocycles. The van der Waals surface area contributed by atoms with E-state index in [2.05, 4.69) is 5.32 Å². The Morgan fingerprint density at radius 2 is 1.77 bits per heavy atom. The lowest BCUT2D eigenvalue weighted by atomic mass is 10.0. The predicted octanol–water partition coefficient (Wildman–Crippen LogP) is 3.55. The fourth-order valence-electron chi connectivity index (χ4n) is 3.52. The molecule has 1 fully saturated rings. The summed E-state index contributed by atoms with van der Waals surface area (Å²) in [5.74, 6) is 0.00220. The smallest absolute Gasteiger partial charge is 0.410 e. The minimum Gasteiger partial charge on any atom is -0.445 e. The quantitative estimate of drug-likeness (QED) is 0.665. The molecule has 172 valence electrons. The topological polar surface area (TPSA) is 88.2 Å². The van der Waals surface area contributed by atoms with Crippen molar-refractivity contribution in [1.82, 2.24) is 15.1 Å². The summed E-state index contributed by atoms with van der Waals surface area (Å²) in [6.07, 6.45) is 1.28. The summed E-state index contributed by atoms with van der Waals surface area (Å²) in [4.78, 5) is 39.7. The molecule has 8 nitrogen and oxygen atoms in total. The van der Waals surface area contributed by atoms with Crippen LogP contribution >= 0.6 is 0 Å². The number of piperidine rings is 1. The molecule has 8 heteroatoms. The van der Waals surface area contributed by atoms with Gasteiger partial charge in [0.1, 0.15) is 12.2 Å². The fourth-order valence-corrected chi connectivity index (χ4v) is 3.52. The largest absolute Gasteiger partial charge is 0.445 e. The average molecular weight is 434 g/mol. The third-order valence-corrected chi connectivity index (χ3v) is 5.02. The molecule has 0 saturated carbocycles. The van der Waals surface area contributed by atoms with Crippen LogP contribution in [-0.2, 0) is 20.9 Å². The van der Waals surface area contributed by atoms with Gasteiger partial charge in [0.2, 0.25) is 5.91 Å². The molecule has 1 aromatic rings. The lowest BCUT2D eigenvalue weighted by Crippen LogP contribution is -2.49. The van der Waals surface area contributed by atoms with Gasteiger partial charge in [0.15, 0.2) is 0 Å². The van der Waals surface area contributed by atoms with Crippen LogP contribution in [0.3, 0.4) is 0 Å². The first-order valence-electron chi connectivity index (χ1n) is 10.9. The van der Waals surface area contributed by atoms with Gasteiger partial charge >= 0.3 is 12.2 Å². The number of amides is 3. The van der Waals surface area contributed by atoms with E-state index in [1.54, 1.807) is 11.8 Å². The standard InChI is InChI=1S/C23H35N3O5/c1-18(27)26(14-8-13-24-21(28)31-23(2,3)4)20-11-15-25(16-12-20)22(29)30-17-19-9-6-5-7-10-19/h5-7,9-10,20H,8,11-17H2,1-4H3,(H,24,28). The molecule has 31 heavy (non-hydrogen) atoms. The highest BCUT2D eigenvalue weighted by molar-refractivity contribution is 5.73. The van der Waals surface area contributed by atoms with E-state index in [-0.39, 0.29) is 24.6 Å². The molecule has 0 atom stereocenters. The van der Waals surface area contributed by atoms with Crippen molar-refractivity contribution in [2.75, 3.05) is 26.2 Å². The Hall–Kier alpha value is -2.77. The van der Waals surface area contributed by atoms with Gasteiger partial charge in [-0.15, -0.1) is 0 Å². The number of benzene rings is 1. The van der Waals surface area contributed by atoms with E-state index >= 15 is 0 Å². The second kappa shape index (κ2) is 11.6. The molecule has 1 aliphatic rings. The average Bonchev–Trinajstić information content (AvgIpc) is 2.71. The Balaban J connectivity index is 1.72. The maximum Gasteiger partial charge on any atom is 0.410 e. The Morgan fingerprint density at radius 3 is 2.35 bits per heavy atom. The van der Waals surface area contributed by atoms with Gasteiger partial charge in [0.25, 0.3) is 0 Å². The van der Waals surface area contributed by atoms with E-state index in [9.17, 15) is 14.4 Å².